The highest BCUT2D eigenvalue weighted by molar-refractivity contribution is 5.85. The van der Waals surface area contributed by atoms with E-state index in [2.05, 4.69) is 41.7 Å². The average Bonchev–Trinajstić information content (AvgIpc) is 2.48. The molecule has 1 aliphatic heterocycles. The molecule has 1 saturated heterocycles. The van der Waals surface area contributed by atoms with E-state index in [9.17, 15) is 0 Å². The number of fused-ring (bicyclic) bond motifs is 2. The van der Waals surface area contributed by atoms with Crippen molar-refractivity contribution >= 4 is 18.5 Å². The topological polar surface area (TPSA) is 12.0 Å². The van der Waals surface area contributed by atoms with Crippen LogP contribution in [0.15, 0.2) is 30.3 Å². The second kappa shape index (κ2) is 5.03. The standard InChI is InChI=1S/C14H17N.ClH/c1-2-4-13-9-14-10-15-8-7-12(14)6-5-11(13)3-1;/h1-6,12,14-15H,7-10H2;1H/t12-,14-;/m0./s1. The van der Waals surface area contributed by atoms with Crippen molar-refractivity contribution < 1.29 is 0 Å². The quantitative estimate of drug-likeness (QED) is 0.729. The van der Waals surface area contributed by atoms with Crippen molar-refractivity contribution in [3.63, 3.8) is 0 Å². The summed E-state index contributed by atoms with van der Waals surface area (Å²) >= 11 is 0. The molecule has 1 fully saturated rings. The van der Waals surface area contributed by atoms with Crippen molar-refractivity contribution in [1.82, 2.24) is 5.32 Å². The zero-order valence-electron chi connectivity index (χ0n) is 9.36. The Bertz CT molecular complexity index is 386. The summed E-state index contributed by atoms with van der Waals surface area (Å²) in [5.74, 6) is 1.59. The van der Waals surface area contributed by atoms with Gasteiger partial charge in [0.25, 0.3) is 0 Å². The van der Waals surface area contributed by atoms with Gasteiger partial charge in [-0.3, -0.25) is 0 Å². The molecule has 1 aliphatic carbocycles. The van der Waals surface area contributed by atoms with Crippen LogP contribution >= 0.6 is 12.4 Å². The Labute approximate surface area is 103 Å². The molecule has 0 bridgehead atoms. The van der Waals surface area contributed by atoms with Gasteiger partial charge in [-0.2, -0.15) is 0 Å². The number of halogens is 1. The first-order chi connectivity index (χ1) is 7.43. The summed E-state index contributed by atoms with van der Waals surface area (Å²) < 4.78 is 0. The van der Waals surface area contributed by atoms with Crippen LogP contribution in [-0.2, 0) is 6.42 Å². The maximum Gasteiger partial charge on any atom is -0.00117 e. The number of piperidine rings is 1. The van der Waals surface area contributed by atoms with Gasteiger partial charge in [-0.15, -0.1) is 12.4 Å². The predicted molar refractivity (Wildman–Crippen MR) is 70.9 cm³/mol. The molecule has 0 unspecified atom stereocenters. The summed E-state index contributed by atoms with van der Waals surface area (Å²) in [6, 6.07) is 8.80. The molecular formula is C14H18ClN. The second-order valence-corrected chi connectivity index (χ2v) is 4.68. The van der Waals surface area contributed by atoms with E-state index in [0.717, 1.165) is 11.8 Å². The van der Waals surface area contributed by atoms with Crippen molar-refractivity contribution in [2.45, 2.75) is 12.8 Å². The van der Waals surface area contributed by atoms with Gasteiger partial charge < -0.3 is 5.32 Å². The summed E-state index contributed by atoms with van der Waals surface area (Å²) in [6.07, 6.45) is 7.29. The lowest BCUT2D eigenvalue weighted by Gasteiger charge is -2.29. The summed E-state index contributed by atoms with van der Waals surface area (Å²) in [7, 11) is 0. The summed E-state index contributed by atoms with van der Waals surface area (Å²) in [5, 5.41) is 3.51. The molecule has 1 heterocycles. The molecule has 0 saturated carbocycles. The molecule has 2 aliphatic rings. The lowest BCUT2D eigenvalue weighted by atomic mass is 9.83. The van der Waals surface area contributed by atoms with Gasteiger partial charge in [0.15, 0.2) is 0 Å². The summed E-state index contributed by atoms with van der Waals surface area (Å²) in [5.41, 5.74) is 2.94. The highest BCUT2D eigenvalue weighted by atomic mass is 35.5. The molecule has 2 atom stereocenters. The number of allylic oxidation sites excluding steroid dienone is 1. The van der Waals surface area contributed by atoms with E-state index in [1.165, 1.54) is 37.1 Å². The minimum Gasteiger partial charge on any atom is -0.316 e. The Morgan fingerprint density at radius 3 is 3.00 bits per heavy atom. The van der Waals surface area contributed by atoms with Crippen molar-refractivity contribution in [3.8, 4) is 0 Å². The van der Waals surface area contributed by atoms with Crippen LogP contribution in [0.25, 0.3) is 6.08 Å². The van der Waals surface area contributed by atoms with Crippen LogP contribution in [0.5, 0.6) is 0 Å². The molecule has 0 amide bonds. The number of nitrogens with one attached hydrogen (secondary N) is 1. The molecule has 1 N–H and O–H groups in total. The maximum atomic E-state index is 3.51. The smallest absolute Gasteiger partial charge is 0.00117 e. The van der Waals surface area contributed by atoms with E-state index in [1.807, 2.05) is 0 Å². The maximum absolute atomic E-state index is 3.51. The monoisotopic (exact) mass is 235 g/mol. The molecule has 0 spiro atoms. The normalized spacial score (nSPS) is 27.2. The van der Waals surface area contributed by atoms with Gasteiger partial charge in [-0.1, -0.05) is 36.4 Å². The third kappa shape index (κ3) is 2.16. The summed E-state index contributed by atoms with van der Waals surface area (Å²) in [4.78, 5) is 0. The third-order valence-electron chi connectivity index (χ3n) is 3.73. The first kappa shape index (κ1) is 11.7. The number of hydrogen-bond acceptors (Lipinski definition) is 1. The average molecular weight is 236 g/mol. The van der Waals surface area contributed by atoms with Crippen LogP contribution in [-0.4, -0.2) is 13.1 Å². The molecule has 1 nitrogen and oxygen atoms in total. The minimum atomic E-state index is 0. The van der Waals surface area contributed by atoms with E-state index in [4.69, 9.17) is 0 Å². The van der Waals surface area contributed by atoms with E-state index < -0.39 is 0 Å². The largest absolute Gasteiger partial charge is 0.316 e. The lowest BCUT2D eigenvalue weighted by molar-refractivity contribution is 0.303. The molecule has 0 radical (unpaired) electrons. The van der Waals surface area contributed by atoms with Gasteiger partial charge in [-0.25, -0.2) is 0 Å². The molecule has 0 aromatic heterocycles. The van der Waals surface area contributed by atoms with E-state index in [-0.39, 0.29) is 12.4 Å². The fraction of sp³-hybridized carbons (Fsp3) is 0.429. The fourth-order valence-corrected chi connectivity index (χ4v) is 2.81. The van der Waals surface area contributed by atoms with Crippen LogP contribution in [0, 0.1) is 11.8 Å². The van der Waals surface area contributed by atoms with Crippen molar-refractivity contribution in [2.75, 3.05) is 13.1 Å². The van der Waals surface area contributed by atoms with Crippen LogP contribution < -0.4 is 5.32 Å². The van der Waals surface area contributed by atoms with Crippen molar-refractivity contribution in [1.29, 1.82) is 0 Å². The van der Waals surface area contributed by atoms with Crippen LogP contribution in [0.1, 0.15) is 17.5 Å². The summed E-state index contributed by atoms with van der Waals surface area (Å²) in [6.45, 7) is 2.37. The molecule has 1 aromatic rings. The second-order valence-electron chi connectivity index (χ2n) is 4.68. The SMILES string of the molecule is C1=C[C@H]2CCNC[C@@H]2Cc2ccccc21.Cl. The Morgan fingerprint density at radius 2 is 2.06 bits per heavy atom. The van der Waals surface area contributed by atoms with Gasteiger partial charge in [0, 0.05) is 0 Å². The molecule has 16 heavy (non-hydrogen) atoms. The lowest BCUT2D eigenvalue weighted by Crippen LogP contribution is -2.36. The van der Waals surface area contributed by atoms with Gasteiger partial charge in [0.1, 0.15) is 0 Å². The zero-order chi connectivity index (χ0) is 10.1. The van der Waals surface area contributed by atoms with E-state index in [1.54, 1.807) is 0 Å². The zero-order valence-corrected chi connectivity index (χ0v) is 10.2. The van der Waals surface area contributed by atoms with Gasteiger partial charge in [-0.05, 0) is 48.9 Å². The first-order valence-electron chi connectivity index (χ1n) is 5.90. The first-order valence-corrected chi connectivity index (χ1v) is 5.90. The van der Waals surface area contributed by atoms with Gasteiger partial charge in [0.2, 0.25) is 0 Å². The van der Waals surface area contributed by atoms with E-state index >= 15 is 0 Å². The Balaban J connectivity index is 0.000000963. The van der Waals surface area contributed by atoms with Crippen LogP contribution in [0.4, 0.5) is 0 Å². The van der Waals surface area contributed by atoms with Crippen LogP contribution in [0.2, 0.25) is 0 Å². The number of rotatable bonds is 0. The molecule has 2 heteroatoms. The predicted octanol–water partition coefficient (Wildman–Crippen LogP) is 2.90. The Morgan fingerprint density at radius 1 is 1.19 bits per heavy atom. The Kier molecular flexibility index (Phi) is 3.67. The van der Waals surface area contributed by atoms with Crippen molar-refractivity contribution in [2.24, 2.45) is 11.8 Å². The van der Waals surface area contributed by atoms with Crippen LogP contribution in [0.3, 0.4) is 0 Å². The van der Waals surface area contributed by atoms with Gasteiger partial charge >= 0.3 is 0 Å². The van der Waals surface area contributed by atoms with Crippen molar-refractivity contribution in [3.05, 3.63) is 41.5 Å². The van der Waals surface area contributed by atoms with Gasteiger partial charge in [0.05, 0.1) is 0 Å². The molecular weight excluding hydrogens is 218 g/mol. The van der Waals surface area contributed by atoms with E-state index in [0.29, 0.717) is 0 Å². The third-order valence-corrected chi connectivity index (χ3v) is 3.73. The highest BCUT2D eigenvalue weighted by Crippen LogP contribution is 2.29. The molecule has 86 valence electrons. The highest BCUT2D eigenvalue weighted by Gasteiger charge is 2.25. The minimum absolute atomic E-state index is 0. The molecule has 1 aromatic carbocycles. The molecule has 3 rings (SSSR count). The Hall–Kier alpha value is -0.790. The fourth-order valence-electron chi connectivity index (χ4n) is 2.81. The number of hydrogen-bond donors (Lipinski definition) is 1. The number of benzene rings is 1.